The van der Waals surface area contributed by atoms with E-state index in [1.807, 2.05) is 13.0 Å². The lowest BCUT2D eigenvalue weighted by Crippen LogP contribution is -2.23. The van der Waals surface area contributed by atoms with Crippen molar-refractivity contribution in [2.75, 3.05) is 43.2 Å². The third-order valence-electron chi connectivity index (χ3n) is 3.58. The maximum Gasteiger partial charge on any atom is 0.233 e. The zero-order valence-electron chi connectivity index (χ0n) is 15.9. The van der Waals surface area contributed by atoms with E-state index in [-0.39, 0.29) is 29.9 Å². The molecule has 0 aromatic heterocycles. The molecule has 0 heterocycles. The number of hydrogen-bond donors (Lipinski definition) is 1. The van der Waals surface area contributed by atoms with Gasteiger partial charge in [-0.3, -0.25) is 4.72 Å². The highest BCUT2D eigenvalue weighted by molar-refractivity contribution is 8.13. The molecule has 7 nitrogen and oxygen atoms in total. The van der Waals surface area contributed by atoms with Crippen LogP contribution in [-0.2, 0) is 35.0 Å². The predicted octanol–water partition coefficient (Wildman–Crippen LogP) is 2.47. The van der Waals surface area contributed by atoms with Crippen LogP contribution in [0.3, 0.4) is 0 Å². The number of nitrogens with one attached hydrogen (secondary N) is 1. The van der Waals surface area contributed by atoms with Crippen LogP contribution in [0.4, 0.5) is 5.69 Å². The van der Waals surface area contributed by atoms with Gasteiger partial charge < -0.3 is 9.47 Å². The Morgan fingerprint density at radius 1 is 1.07 bits per heavy atom. The molecule has 27 heavy (non-hydrogen) atoms. The van der Waals surface area contributed by atoms with Gasteiger partial charge in [0.1, 0.15) is 0 Å². The maximum atomic E-state index is 12.2. The van der Waals surface area contributed by atoms with E-state index in [4.69, 9.17) is 20.2 Å². The average Bonchev–Trinajstić information content (AvgIpc) is 2.49. The fraction of sp³-hybridized carbons (Fsp3) is 0.647. The lowest BCUT2D eigenvalue weighted by atomic mass is 10.1. The summed E-state index contributed by atoms with van der Waals surface area (Å²) >= 11 is 0. The molecule has 1 aromatic carbocycles. The molecule has 1 aromatic rings. The largest absolute Gasteiger partial charge is 0.384 e. The summed E-state index contributed by atoms with van der Waals surface area (Å²) in [4.78, 5) is 0. The van der Waals surface area contributed by atoms with Crippen molar-refractivity contribution in [3.8, 4) is 0 Å². The molecule has 0 saturated heterocycles. The van der Waals surface area contributed by atoms with E-state index in [1.165, 1.54) is 7.11 Å². The number of ether oxygens (including phenoxy) is 2. The fourth-order valence-corrected chi connectivity index (χ4v) is 5.42. The van der Waals surface area contributed by atoms with Gasteiger partial charge in [-0.15, -0.1) is 0 Å². The number of methoxy groups -OCH3 is 1. The molecule has 0 spiro atoms. The molecule has 2 unspecified atom stereocenters. The van der Waals surface area contributed by atoms with Crippen LogP contribution in [0.1, 0.15) is 19.4 Å². The summed E-state index contributed by atoms with van der Waals surface area (Å²) in [6.07, 6.45) is 0.579. The topological polar surface area (TPSA) is 98.8 Å². The third-order valence-corrected chi connectivity index (χ3v) is 6.48. The van der Waals surface area contributed by atoms with Gasteiger partial charge in [0.15, 0.2) is 0 Å². The number of sulfonamides is 1. The molecule has 0 fully saturated rings. The standard InChI is InChI=1S/C17H28ClNO6S2/c1-14(10-24-3)13-27(22,23)19-17-6-4-5-16(9-17)7-8-25-11-15(2)12-26(18,20)21/h4-6,9,14-15,19H,7-8,10-13H2,1-3H3. The highest BCUT2D eigenvalue weighted by atomic mass is 35.7. The van der Waals surface area contributed by atoms with Gasteiger partial charge in [0.2, 0.25) is 19.1 Å². The Balaban J connectivity index is 2.49. The molecule has 0 radical (unpaired) electrons. The van der Waals surface area contributed by atoms with Crippen LogP contribution in [0.25, 0.3) is 0 Å². The van der Waals surface area contributed by atoms with Crippen LogP contribution in [0, 0.1) is 11.8 Å². The van der Waals surface area contributed by atoms with Crippen LogP contribution in [0.2, 0.25) is 0 Å². The van der Waals surface area contributed by atoms with Crippen LogP contribution in [0.5, 0.6) is 0 Å². The summed E-state index contributed by atoms with van der Waals surface area (Å²) in [6.45, 7) is 4.62. The second-order valence-corrected chi connectivity index (χ2v) is 11.4. The van der Waals surface area contributed by atoms with Gasteiger partial charge in [0, 0.05) is 30.1 Å². The van der Waals surface area contributed by atoms with Crippen LogP contribution < -0.4 is 4.72 Å². The van der Waals surface area contributed by atoms with E-state index in [2.05, 4.69) is 4.72 Å². The summed E-state index contributed by atoms with van der Waals surface area (Å²) in [5.41, 5.74) is 1.41. The Hall–Kier alpha value is -0.870. The van der Waals surface area contributed by atoms with Crippen molar-refractivity contribution in [1.82, 2.24) is 0 Å². The number of rotatable bonds is 13. The normalized spacial score (nSPS) is 14.7. The Bertz CT molecular complexity index is 782. The summed E-state index contributed by atoms with van der Waals surface area (Å²) in [5, 5.41) is 0. The molecule has 1 N–H and O–H groups in total. The number of halogens is 1. The van der Waals surface area contributed by atoms with Gasteiger partial charge >= 0.3 is 0 Å². The Labute approximate surface area is 166 Å². The minimum atomic E-state index is -3.53. The summed E-state index contributed by atoms with van der Waals surface area (Å²) in [6, 6.07) is 7.10. The summed E-state index contributed by atoms with van der Waals surface area (Å²) in [5.74, 6) is -0.453. The Morgan fingerprint density at radius 3 is 2.37 bits per heavy atom. The molecule has 2 atom stereocenters. The minimum Gasteiger partial charge on any atom is -0.384 e. The fourth-order valence-electron chi connectivity index (χ4n) is 2.58. The lowest BCUT2D eigenvalue weighted by molar-refractivity contribution is 0.113. The molecule has 156 valence electrons. The average molecular weight is 442 g/mol. The first kappa shape index (κ1) is 24.2. The smallest absolute Gasteiger partial charge is 0.233 e. The first-order valence-corrected chi connectivity index (χ1v) is 12.7. The van der Waals surface area contributed by atoms with E-state index in [0.29, 0.717) is 25.3 Å². The number of anilines is 1. The highest BCUT2D eigenvalue weighted by Gasteiger charge is 2.16. The van der Waals surface area contributed by atoms with Crippen LogP contribution in [-0.4, -0.2) is 55.3 Å². The molecule has 0 bridgehead atoms. The zero-order chi connectivity index (χ0) is 20.5. The van der Waals surface area contributed by atoms with Crippen molar-refractivity contribution in [3.05, 3.63) is 29.8 Å². The third kappa shape index (κ3) is 11.5. The van der Waals surface area contributed by atoms with Gasteiger partial charge in [-0.25, -0.2) is 16.8 Å². The molecule has 0 aliphatic heterocycles. The maximum absolute atomic E-state index is 12.2. The highest BCUT2D eigenvalue weighted by Crippen LogP contribution is 2.15. The van der Waals surface area contributed by atoms with E-state index < -0.39 is 19.1 Å². The molecule has 0 saturated carbocycles. The Morgan fingerprint density at radius 2 is 1.74 bits per heavy atom. The van der Waals surface area contributed by atoms with Crippen molar-refractivity contribution < 1.29 is 26.3 Å². The second-order valence-electron chi connectivity index (χ2n) is 6.78. The molecular weight excluding hydrogens is 414 g/mol. The van der Waals surface area contributed by atoms with Crippen LogP contribution >= 0.6 is 10.7 Å². The SMILES string of the molecule is COCC(C)CS(=O)(=O)Nc1cccc(CCOCC(C)CS(=O)(=O)Cl)c1. The van der Waals surface area contributed by atoms with Crippen molar-refractivity contribution in [2.45, 2.75) is 20.3 Å². The molecule has 1 rings (SSSR count). The van der Waals surface area contributed by atoms with Crippen molar-refractivity contribution in [2.24, 2.45) is 11.8 Å². The molecule has 0 aliphatic rings. The number of benzene rings is 1. The van der Waals surface area contributed by atoms with E-state index >= 15 is 0 Å². The first-order valence-electron chi connectivity index (χ1n) is 8.59. The first-order chi connectivity index (χ1) is 12.5. The molecular formula is C17H28ClNO6S2. The minimum absolute atomic E-state index is 0.0183. The van der Waals surface area contributed by atoms with Crippen molar-refractivity contribution in [3.63, 3.8) is 0 Å². The van der Waals surface area contributed by atoms with Gasteiger partial charge in [0.05, 0.1) is 24.7 Å². The number of hydrogen-bond acceptors (Lipinski definition) is 6. The molecule has 10 heteroatoms. The predicted molar refractivity (Wildman–Crippen MR) is 108 cm³/mol. The van der Waals surface area contributed by atoms with E-state index in [1.54, 1.807) is 25.1 Å². The molecule has 0 amide bonds. The monoisotopic (exact) mass is 441 g/mol. The Kier molecular flexibility index (Phi) is 10.0. The second kappa shape index (κ2) is 11.2. The molecule has 0 aliphatic carbocycles. The van der Waals surface area contributed by atoms with Gasteiger partial charge in [-0.2, -0.15) is 0 Å². The van der Waals surface area contributed by atoms with Crippen molar-refractivity contribution >= 4 is 35.4 Å². The van der Waals surface area contributed by atoms with E-state index in [9.17, 15) is 16.8 Å². The van der Waals surface area contributed by atoms with Crippen molar-refractivity contribution in [1.29, 1.82) is 0 Å². The van der Waals surface area contributed by atoms with Gasteiger partial charge in [-0.1, -0.05) is 26.0 Å². The van der Waals surface area contributed by atoms with Gasteiger partial charge in [0.25, 0.3) is 0 Å². The zero-order valence-corrected chi connectivity index (χ0v) is 18.2. The van der Waals surface area contributed by atoms with E-state index in [0.717, 1.165) is 5.56 Å². The quantitative estimate of drug-likeness (QED) is 0.373. The lowest BCUT2D eigenvalue weighted by Gasteiger charge is -2.13. The summed E-state index contributed by atoms with van der Waals surface area (Å²) < 4.78 is 59.4. The van der Waals surface area contributed by atoms with Crippen LogP contribution in [0.15, 0.2) is 24.3 Å². The summed E-state index contributed by atoms with van der Waals surface area (Å²) in [7, 11) is -0.238. The van der Waals surface area contributed by atoms with Gasteiger partial charge in [-0.05, 0) is 36.0 Å².